The molecule has 82 valence electrons. The third kappa shape index (κ3) is 5.53. The molecule has 2 N–H and O–H groups in total. The van der Waals surface area contributed by atoms with Crippen LogP contribution in [0.25, 0.3) is 0 Å². The average Bonchev–Trinajstić information content (AvgIpc) is 2.12. The van der Waals surface area contributed by atoms with Crippen LogP contribution in [0, 0.1) is 0 Å². The van der Waals surface area contributed by atoms with E-state index in [0.717, 1.165) is 0 Å². The average molecular weight is 203 g/mol. The highest BCUT2D eigenvalue weighted by molar-refractivity contribution is 5.77. The van der Waals surface area contributed by atoms with Gasteiger partial charge in [0.2, 0.25) is 0 Å². The van der Waals surface area contributed by atoms with Crippen molar-refractivity contribution in [2.45, 2.75) is 38.8 Å². The lowest BCUT2D eigenvalue weighted by Gasteiger charge is -2.12. The highest BCUT2D eigenvalue weighted by atomic mass is 16.5. The Morgan fingerprint density at radius 1 is 1.36 bits per heavy atom. The molecule has 1 atom stereocenters. The highest BCUT2D eigenvalue weighted by Crippen LogP contribution is 2.00. The van der Waals surface area contributed by atoms with Crippen LogP contribution in [0.4, 0.5) is 0 Å². The monoisotopic (exact) mass is 203 g/mol. The Morgan fingerprint density at radius 2 is 1.93 bits per heavy atom. The van der Waals surface area contributed by atoms with Crippen LogP contribution >= 0.6 is 0 Å². The molecule has 0 aliphatic rings. The third-order valence-electron chi connectivity index (χ3n) is 1.54. The SMILES string of the molecule is COC(=O)CCC(N)C(=O)OC(C)C. The summed E-state index contributed by atoms with van der Waals surface area (Å²) in [6.07, 6.45) is 0.190. The molecule has 5 heteroatoms. The zero-order chi connectivity index (χ0) is 11.1. The van der Waals surface area contributed by atoms with Gasteiger partial charge in [0.25, 0.3) is 0 Å². The van der Waals surface area contributed by atoms with Crippen LogP contribution in [0.3, 0.4) is 0 Å². The van der Waals surface area contributed by atoms with Crippen LogP contribution in [0.15, 0.2) is 0 Å². The number of carbonyl (C=O) groups excluding carboxylic acids is 2. The van der Waals surface area contributed by atoms with Crippen molar-refractivity contribution >= 4 is 11.9 Å². The van der Waals surface area contributed by atoms with Crippen molar-refractivity contribution in [1.82, 2.24) is 0 Å². The van der Waals surface area contributed by atoms with Crippen LogP contribution in [-0.4, -0.2) is 31.2 Å². The Hall–Kier alpha value is -1.10. The summed E-state index contributed by atoms with van der Waals surface area (Å²) in [5.74, 6) is -0.860. The van der Waals surface area contributed by atoms with Crippen LogP contribution < -0.4 is 5.73 Å². The van der Waals surface area contributed by atoms with E-state index in [1.165, 1.54) is 7.11 Å². The number of esters is 2. The molecule has 0 radical (unpaired) electrons. The van der Waals surface area contributed by atoms with Gasteiger partial charge < -0.3 is 15.2 Å². The standard InChI is InChI=1S/C9H17NO4/c1-6(2)14-9(12)7(10)4-5-8(11)13-3/h6-7H,4-5,10H2,1-3H3. The van der Waals surface area contributed by atoms with Crippen molar-refractivity contribution in [3.63, 3.8) is 0 Å². The lowest BCUT2D eigenvalue weighted by molar-refractivity contribution is -0.149. The van der Waals surface area contributed by atoms with Gasteiger partial charge in [-0.15, -0.1) is 0 Å². The summed E-state index contributed by atoms with van der Waals surface area (Å²) in [5.41, 5.74) is 5.49. The smallest absolute Gasteiger partial charge is 0.323 e. The Labute approximate surface area is 83.5 Å². The quantitative estimate of drug-likeness (QED) is 0.646. The predicted molar refractivity (Wildman–Crippen MR) is 50.5 cm³/mol. The van der Waals surface area contributed by atoms with E-state index in [4.69, 9.17) is 10.5 Å². The minimum absolute atomic E-state index is 0.130. The number of carbonyl (C=O) groups is 2. The molecule has 0 aromatic rings. The molecular weight excluding hydrogens is 186 g/mol. The lowest BCUT2D eigenvalue weighted by Crippen LogP contribution is -2.34. The molecule has 0 fully saturated rings. The second-order valence-corrected chi connectivity index (χ2v) is 3.21. The van der Waals surface area contributed by atoms with E-state index in [2.05, 4.69) is 4.74 Å². The number of hydrogen-bond acceptors (Lipinski definition) is 5. The van der Waals surface area contributed by atoms with E-state index in [-0.39, 0.29) is 24.9 Å². The molecule has 0 heterocycles. The van der Waals surface area contributed by atoms with Gasteiger partial charge in [0.15, 0.2) is 0 Å². The van der Waals surface area contributed by atoms with Gasteiger partial charge in [0.1, 0.15) is 6.04 Å². The fraction of sp³-hybridized carbons (Fsp3) is 0.778. The minimum Gasteiger partial charge on any atom is -0.469 e. The third-order valence-corrected chi connectivity index (χ3v) is 1.54. The van der Waals surface area contributed by atoms with Crippen LogP contribution in [0.5, 0.6) is 0 Å². The number of hydrogen-bond donors (Lipinski definition) is 1. The first-order valence-corrected chi connectivity index (χ1v) is 4.50. The first-order valence-electron chi connectivity index (χ1n) is 4.50. The normalized spacial score (nSPS) is 12.4. The summed E-state index contributed by atoms with van der Waals surface area (Å²) in [4.78, 5) is 21.9. The van der Waals surface area contributed by atoms with Crippen LogP contribution in [0.1, 0.15) is 26.7 Å². The maximum absolute atomic E-state index is 11.2. The molecule has 0 aromatic carbocycles. The van der Waals surface area contributed by atoms with E-state index in [0.29, 0.717) is 0 Å². The Balaban J connectivity index is 3.78. The zero-order valence-corrected chi connectivity index (χ0v) is 8.78. The van der Waals surface area contributed by atoms with Crippen molar-refractivity contribution in [2.24, 2.45) is 5.73 Å². The Morgan fingerprint density at radius 3 is 2.36 bits per heavy atom. The second-order valence-electron chi connectivity index (χ2n) is 3.21. The predicted octanol–water partition coefficient (Wildman–Crippen LogP) is 0.218. The van der Waals surface area contributed by atoms with Crippen molar-refractivity contribution < 1.29 is 19.1 Å². The largest absolute Gasteiger partial charge is 0.469 e. The molecule has 0 aromatic heterocycles. The van der Waals surface area contributed by atoms with Crippen molar-refractivity contribution in [3.05, 3.63) is 0 Å². The van der Waals surface area contributed by atoms with Gasteiger partial charge >= 0.3 is 11.9 Å². The van der Waals surface area contributed by atoms with Gasteiger partial charge in [-0.05, 0) is 20.3 Å². The van der Waals surface area contributed by atoms with E-state index in [1.807, 2.05) is 0 Å². The summed E-state index contributed by atoms with van der Waals surface area (Å²) in [6.45, 7) is 3.48. The summed E-state index contributed by atoms with van der Waals surface area (Å²) < 4.78 is 9.28. The number of methoxy groups -OCH3 is 1. The van der Waals surface area contributed by atoms with Crippen molar-refractivity contribution in [2.75, 3.05) is 7.11 Å². The van der Waals surface area contributed by atoms with Gasteiger partial charge in [-0.2, -0.15) is 0 Å². The molecule has 1 unspecified atom stereocenters. The highest BCUT2D eigenvalue weighted by Gasteiger charge is 2.17. The van der Waals surface area contributed by atoms with E-state index >= 15 is 0 Å². The first kappa shape index (κ1) is 12.9. The van der Waals surface area contributed by atoms with Crippen LogP contribution in [-0.2, 0) is 19.1 Å². The molecule has 5 nitrogen and oxygen atoms in total. The van der Waals surface area contributed by atoms with Gasteiger partial charge in [-0.3, -0.25) is 9.59 Å². The molecule has 0 saturated heterocycles. The summed E-state index contributed by atoms with van der Waals surface area (Å²) in [5, 5.41) is 0. The zero-order valence-electron chi connectivity index (χ0n) is 8.78. The van der Waals surface area contributed by atoms with Gasteiger partial charge in [-0.25, -0.2) is 0 Å². The first-order chi connectivity index (χ1) is 6.47. The number of nitrogens with two attached hydrogens (primary N) is 1. The summed E-state index contributed by atoms with van der Waals surface area (Å²) in [7, 11) is 1.29. The van der Waals surface area contributed by atoms with Gasteiger partial charge in [-0.1, -0.05) is 0 Å². The molecule has 0 rings (SSSR count). The Bertz CT molecular complexity index is 203. The molecule has 0 amide bonds. The minimum atomic E-state index is -0.753. The molecule has 14 heavy (non-hydrogen) atoms. The van der Waals surface area contributed by atoms with Crippen molar-refractivity contribution in [3.8, 4) is 0 Å². The number of rotatable bonds is 5. The number of ether oxygens (including phenoxy) is 2. The van der Waals surface area contributed by atoms with E-state index in [1.54, 1.807) is 13.8 Å². The maximum Gasteiger partial charge on any atom is 0.323 e. The molecule has 0 aliphatic carbocycles. The Kier molecular flexibility index (Phi) is 5.87. The molecule has 0 bridgehead atoms. The van der Waals surface area contributed by atoms with Crippen LogP contribution in [0.2, 0.25) is 0 Å². The van der Waals surface area contributed by atoms with E-state index in [9.17, 15) is 9.59 Å². The fourth-order valence-corrected chi connectivity index (χ4v) is 0.813. The summed E-state index contributed by atoms with van der Waals surface area (Å²) >= 11 is 0. The van der Waals surface area contributed by atoms with Crippen molar-refractivity contribution in [1.29, 1.82) is 0 Å². The lowest BCUT2D eigenvalue weighted by atomic mass is 10.2. The molecule has 0 saturated carbocycles. The molecule has 0 spiro atoms. The molecule has 0 aliphatic heterocycles. The van der Waals surface area contributed by atoms with Gasteiger partial charge in [0, 0.05) is 6.42 Å². The van der Waals surface area contributed by atoms with Gasteiger partial charge in [0.05, 0.1) is 13.2 Å². The summed E-state index contributed by atoms with van der Waals surface area (Å²) in [6, 6.07) is -0.753. The molecular formula is C9H17NO4. The maximum atomic E-state index is 11.2. The second kappa shape index (κ2) is 6.37. The van der Waals surface area contributed by atoms with E-state index < -0.39 is 12.0 Å². The topological polar surface area (TPSA) is 78.6 Å². The fourth-order valence-electron chi connectivity index (χ4n) is 0.813.